The molecule has 0 spiro atoms. The van der Waals surface area contributed by atoms with E-state index in [0.29, 0.717) is 0 Å². The third kappa shape index (κ3) is 4.13. The van der Waals surface area contributed by atoms with Crippen molar-refractivity contribution >= 4 is 0 Å². The first-order valence-electron chi connectivity index (χ1n) is 3.64. The number of nitrogens with two attached hydrogens (primary N) is 1. The lowest BCUT2D eigenvalue weighted by Crippen LogP contribution is -2.88. The second kappa shape index (κ2) is 5.10. The average molecular weight is 116 g/mol. The van der Waals surface area contributed by atoms with E-state index in [2.05, 4.69) is 26.1 Å². The van der Waals surface area contributed by atoms with Crippen molar-refractivity contribution in [1.82, 2.24) is 0 Å². The summed E-state index contributed by atoms with van der Waals surface area (Å²) in [6.07, 6.45) is 2.67. The Labute approximate surface area is 52.5 Å². The van der Waals surface area contributed by atoms with Crippen LogP contribution in [0.4, 0.5) is 0 Å². The van der Waals surface area contributed by atoms with E-state index in [1.54, 1.807) is 0 Å². The lowest BCUT2D eigenvalue weighted by Gasteiger charge is -2.05. The van der Waals surface area contributed by atoms with Crippen molar-refractivity contribution in [3.8, 4) is 0 Å². The zero-order chi connectivity index (χ0) is 6.41. The summed E-state index contributed by atoms with van der Waals surface area (Å²) in [6, 6.07) is 0.838. The van der Waals surface area contributed by atoms with Crippen molar-refractivity contribution in [1.29, 1.82) is 0 Å². The van der Waals surface area contributed by atoms with Gasteiger partial charge in [-0.2, -0.15) is 0 Å². The number of rotatable bonds is 4. The van der Waals surface area contributed by atoms with Crippen LogP contribution in [0.15, 0.2) is 0 Å². The molecule has 1 atom stereocenters. The minimum absolute atomic E-state index is 0.838. The Morgan fingerprint density at radius 3 is 2.38 bits per heavy atom. The van der Waals surface area contributed by atoms with E-state index in [0.717, 1.165) is 6.04 Å². The topological polar surface area (TPSA) is 16.6 Å². The van der Waals surface area contributed by atoms with Gasteiger partial charge in [-0.25, -0.2) is 0 Å². The van der Waals surface area contributed by atoms with Crippen molar-refractivity contribution in [2.24, 2.45) is 0 Å². The van der Waals surface area contributed by atoms with Gasteiger partial charge in [0.15, 0.2) is 0 Å². The molecule has 0 aliphatic rings. The van der Waals surface area contributed by atoms with Gasteiger partial charge in [-0.1, -0.05) is 13.3 Å². The van der Waals surface area contributed by atoms with E-state index in [4.69, 9.17) is 0 Å². The van der Waals surface area contributed by atoms with Crippen LogP contribution < -0.4 is 5.32 Å². The van der Waals surface area contributed by atoms with E-state index in [1.165, 1.54) is 19.4 Å². The van der Waals surface area contributed by atoms with Crippen molar-refractivity contribution in [3.05, 3.63) is 0 Å². The molecule has 1 heteroatoms. The molecule has 0 saturated heterocycles. The first-order valence-corrected chi connectivity index (χ1v) is 3.64. The lowest BCUT2D eigenvalue weighted by molar-refractivity contribution is -0.683. The molecule has 0 radical (unpaired) electrons. The second-order valence-corrected chi connectivity index (χ2v) is 2.41. The normalized spacial score (nSPS) is 13.9. The molecule has 0 aromatic carbocycles. The largest absolute Gasteiger partial charge is 0.344 e. The molecule has 0 aromatic rings. The summed E-state index contributed by atoms with van der Waals surface area (Å²) in [4.78, 5) is 0. The van der Waals surface area contributed by atoms with Gasteiger partial charge in [0.05, 0.1) is 12.6 Å². The average Bonchev–Trinajstić information content (AvgIpc) is 1.68. The van der Waals surface area contributed by atoms with Crippen molar-refractivity contribution in [2.45, 2.75) is 39.7 Å². The quantitative estimate of drug-likeness (QED) is 0.558. The van der Waals surface area contributed by atoms with Crippen LogP contribution in [0.2, 0.25) is 0 Å². The smallest absolute Gasteiger partial charge is 0.0830 e. The molecular weight excluding hydrogens is 98.1 g/mol. The van der Waals surface area contributed by atoms with Gasteiger partial charge in [0, 0.05) is 0 Å². The summed E-state index contributed by atoms with van der Waals surface area (Å²) in [5.74, 6) is 0. The third-order valence-corrected chi connectivity index (χ3v) is 1.38. The Balaban J connectivity index is 2.92. The molecule has 0 aliphatic carbocycles. The molecule has 8 heavy (non-hydrogen) atoms. The number of hydrogen-bond acceptors (Lipinski definition) is 0. The maximum atomic E-state index is 2.38. The zero-order valence-corrected chi connectivity index (χ0v) is 6.28. The van der Waals surface area contributed by atoms with E-state index >= 15 is 0 Å². The van der Waals surface area contributed by atoms with E-state index < -0.39 is 0 Å². The summed E-state index contributed by atoms with van der Waals surface area (Å²) in [5.41, 5.74) is 0. The van der Waals surface area contributed by atoms with Crippen LogP contribution in [-0.4, -0.2) is 12.6 Å². The van der Waals surface area contributed by atoms with Gasteiger partial charge < -0.3 is 5.32 Å². The minimum Gasteiger partial charge on any atom is -0.344 e. The molecule has 2 N–H and O–H groups in total. The highest BCUT2D eigenvalue weighted by molar-refractivity contribution is 4.40. The Kier molecular flexibility index (Phi) is 5.08. The summed E-state index contributed by atoms with van der Waals surface area (Å²) in [5, 5.41) is 2.38. The Morgan fingerprint density at radius 2 is 2.00 bits per heavy atom. The predicted octanol–water partition coefficient (Wildman–Crippen LogP) is 0.758. The highest BCUT2D eigenvalue weighted by Crippen LogP contribution is 1.87. The van der Waals surface area contributed by atoms with Crippen molar-refractivity contribution in [2.75, 3.05) is 6.54 Å². The molecule has 50 valence electrons. The van der Waals surface area contributed by atoms with Crippen LogP contribution in [0.1, 0.15) is 33.6 Å². The highest BCUT2D eigenvalue weighted by atomic mass is 14.9. The lowest BCUT2D eigenvalue weighted by atomic mass is 10.2. The van der Waals surface area contributed by atoms with Crippen LogP contribution in [-0.2, 0) is 0 Å². The molecule has 1 nitrogen and oxygen atoms in total. The number of hydrogen-bond donors (Lipinski definition) is 1. The first-order chi connectivity index (χ1) is 3.81. The predicted molar refractivity (Wildman–Crippen MR) is 36.8 cm³/mol. The summed E-state index contributed by atoms with van der Waals surface area (Å²) in [7, 11) is 0. The molecule has 0 aromatic heterocycles. The molecule has 0 fully saturated rings. The van der Waals surface area contributed by atoms with Crippen LogP contribution in [0.3, 0.4) is 0 Å². The van der Waals surface area contributed by atoms with Crippen LogP contribution >= 0.6 is 0 Å². The maximum absolute atomic E-state index is 2.38. The fourth-order valence-electron chi connectivity index (χ4n) is 0.976. The molecule has 0 saturated carbocycles. The highest BCUT2D eigenvalue weighted by Gasteiger charge is 1.97. The summed E-state index contributed by atoms with van der Waals surface area (Å²) >= 11 is 0. The molecular formula is C7H18N+. The molecule has 0 aliphatic heterocycles. The van der Waals surface area contributed by atoms with E-state index in [9.17, 15) is 0 Å². The fraction of sp³-hybridized carbons (Fsp3) is 1.00. The third-order valence-electron chi connectivity index (χ3n) is 1.38. The van der Waals surface area contributed by atoms with Crippen LogP contribution in [0.25, 0.3) is 0 Å². The summed E-state index contributed by atoms with van der Waals surface area (Å²) < 4.78 is 0. The molecule has 1 unspecified atom stereocenters. The SMILES string of the molecule is CCCC(C)[NH2+]CC. The van der Waals surface area contributed by atoms with Gasteiger partial charge in [-0.3, -0.25) is 0 Å². The second-order valence-electron chi connectivity index (χ2n) is 2.41. The van der Waals surface area contributed by atoms with Crippen molar-refractivity contribution in [3.63, 3.8) is 0 Å². The Bertz CT molecular complexity index is 37.7. The van der Waals surface area contributed by atoms with Crippen molar-refractivity contribution < 1.29 is 5.32 Å². The van der Waals surface area contributed by atoms with Gasteiger partial charge >= 0.3 is 0 Å². The van der Waals surface area contributed by atoms with Crippen LogP contribution in [0, 0.1) is 0 Å². The summed E-state index contributed by atoms with van der Waals surface area (Å²) in [6.45, 7) is 7.94. The molecule has 0 bridgehead atoms. The molecule has 0 rings (SSSR count). The molecule has 0 heterocycles. The van der Waals surface area contributed by atoms with Gasteiger partial charge in [0.2, 0.25) is 0 Å². The zero-order valence-electron chi connectivity index (χ0n) is 6.28. The Hall–Kier alpha value is -0.0400. The van der Waals surface area contributed by atoms with E-state index in [1.807, 2.05) is 0 Å². The first kappa shape index (κ1) is 7.96. The maximum Gasteiger partial charge on any atom is 0.0830 e. The van der Waals surface area contributed by atoms with Gasteiger partial charge in [-0.05, 0) is 20.3 Å². The Morgan fingerprint density at radius 1 is 1.38 bits per heavy atom. The minimum atomic E-state index is 0.838. The van der Waals surface area contributed by atoms with Crippen LogP contribution in [0.5, 0.6) is 0 Å². The number of quaternary nitrogens is 1. The van der Waals surface area contributed by atoms with E-state index in [-0.39, 0.29) is 0 Å². The van der Waals surface area contributed by atoms with Gasteiger partial charge in [0.1, 0.15) is 0 Å². The standard InChI is InChI=1S/C7H17N/c1-4-6-7(3)8-5-2/h7-8H,4-6H2,1-3H3/p+1. The fourth-order valence-corrected chi connectivity index (χ4v) is 0.976. The van der Waals surface area contributed by atoms with Gasteiger partial charge in [-0.15, -0.1) is 0 Å². The monoisotopic (exact) mass is 116 g/mol. The van der Waals surface area contributed by atoms with Gasteiger partial charge in [0.25, 0.3) is 0 Å². The molecule has 0 amide bonds.